The van der Waals surface area contributed by atoms with Crippen LogP contribution in [0.1, 0.15) is 74.2 Å². The molecule has 0 amide bonds. The Hall–Kier alpha value is -2.08. The fraction of sp³-hybridized carbons (Fsp3) is 0.579. The number of hydrogen-bond acceptors (Lipinski definition) is 6. The molecule has 0 bridgehead atoms. The van der Waals surface area contributed by atoms with E-state index in [1.165, 1.54) is 32.1 Å². The summed E-state index contributed by atoms with van der Waals surface area (Å²) < 4.78 is 4.82. The van der Waals surface area contributed by atoms with E-state index in [2.05, 4.69) is 21.7 Å². The zero-order valence-corrected chi connectivity index (χ0v) is 15.1. The molecule has 0 unspecified atom stereocenters. The average Bonchev–Trinajstić information content (AvgIpc) is 2.60. The summed E-state index contributed by atoms with van der Waals surface area (Å²) in [5.74, 6) is -0.750. The summed E-state index contributed by atoms with van der Waals surface area (Å²) in [7, 11) is 0. The summed E-state index contributed by atoms with van der Waals surface area (Å²) in [6.45, 7) is 4.30. The number of hydrogen-bond donors (Lipinski definition) is 0. The van der Waals surface area contributed by atoms with Crippen LogP contribution in [0.3, 0.4) is 0 Å². The molecule has 25 heavy (non-hydrogen) atoms. The molecule has 0 radical (unpaired) electrons. The highest BCUT2D eigenvalue weighted by Crippen LogP contribution is 2.09. The van der Waals surface area contributed by atoms with Crippen LogP contribution in [-0.4, -0.2) is 18.7 Å². The van der Waals surface area contributed by atoms with Gasteiger partial charge < -0.3 is 4.74 Å². The second-order valence-electron chi connectivity index (χ2n) is 5.96. The van der Waals surface area contributed by atoms with Crippen LogP contribution in [0.4, 0.5) is 4.79 Å². The van der Waals surface area contributed by atoms with Gasteiger partial charge in [-0.05, 0) is 25.5 Å². The summed E-state index contributed by atoms with van der Waals surface area (Å²) in [5, 5.41) is 4.16. The monoisotopic (exact) mass is 352 g/mol. The Morgan fingerprint density at radius 2 is 1.60 bits per heavy atom. The van der Waals surface area contributed by atoms with Gasteiger partial charge in [-0.25, -0.2) is 14.5 Å². The minimum absolute atomic E-state index is 0.253. The third-order valence-electron chi connectivity index (χ3n) is 3.68. The van der Waals surface area contributed by atoms with Crippen molar-refractivity contribution in [3.63, 3.8) is 0 Å². The van der Waals surface area contributed by atoms with Crippen LogP contribution >= 0.6 is 0 Å². The molecular weight excluding hydrogens is 324 g/mol. The maximum atomic E-state index is 11.6. The van der Waals surface area contributed by atoms with Gasteiger partial charge in [0, 0.05) is 0 Å². The number of aryl methyl sites for hydroxylation is 1. The first-order valence-corrected chi connectivity index (χ1v) is 8.92. The van der Waals surface area contributed by atoms with E-state index in [4.69, 9.17) is 4.74 Å². The minimum atomic E-state index is -1.03. The lowest BCUT2D eigenvalue weighted by molar-refractivity contribution is -0.452. The number of carbonyl (C=O) groups is 2. The number of ether oxygens (including phenoxy) is 1. The zero-order chi connectivity index (χ0) is 18.3. The van der Waals surface area contributed by atoms with Crippen molar-refractivity contribution in [3.8, 4) is 0 Å². The van der Waals surface area contributed by atoms with Gasteiger partial charge in [0.25, 0.3) is 0 Å². The van der Waals surface area contributed by atoms with E-state index in [1.807, 2.05) is 13.0 Å². The first-order chi connectivity index (χ1) is 12.1. The Kier molecular flexibility index (Phi) is 11.1. The second kappa shape index (κ2) is 13.2. The molecular formula is C19H28O6. The van der Waals surface area contributed by atoms with Gasteiger partial charge in [-0.1, -0.05) is 69.6 Å². The molecule has 140 valence electrons. The predicted octanol–water partition coefficient (Wildman–Crippen LogP) is 5.29. The van der Waals surface area contributed by atoms with Gasteiger partial charge in [-0.2, -0.15) is 0 Å². The lowest BCUT2D eigenvalue weighted by Gasteiger charge is -2.05. The molecule has 0 aromatic heterocycles. The van der Waals surface area contributed by atoms with Crippen LogP contribution < -0.4 is 0 Å². The molecule has 1 aromatic carbocycles. The first-order valence-electron chi connectivity index (χ1n) is 8.92. The van der Waals surface area contributed by atoms with Gasteiger partial charge in [-0.15, -0.1) is 0 Å². The van der Waals surface area contributed by atoms with Crippen molar-refractivity contribution in [1.82, 2.24) is 0 Å². The Balaban J connectivity index is 1.99. The molecule has 0 saturated carbocycles. The minimum Gasteiger partial charge on any atom is -0.432 e. The normalized spacial score (nSPS) is 10.3. The number of unbranched alkanes of at least 4 members (excludes halogenated alkanes) is 7. The van der Waals surface area contributed by atoms with E-state index in [-0.39, 0.29) is 6.61 Å². The van der Waals surface area contributed by atoms with Gasteiger partial charge in [0.05, 0.1) is 17.2 Å². The van der Waals surface area contributed by atoms with Crippen LogP contribution in [-0.2, 0) is 19.6 Å². The highest BCUT2D eigenvalue weighted by Gasteiger charge is 2.12. The molecule has 6 heteroatoms. The van der Waals surface area contributed by atoms with Crippen molar-refractivity contribution >= 4 is 12.1 Å². The molecule has 1 aromatic rings. The Morgan fingerprint density at radius 3 is 2.28 bits per heavy atom. The molecule has 0 N–H and O–H groups in total. The molecule has 0 aliphatic carbocycles. The smallest absolute Gasteiger partial charge is 0.432 e. The lowest BCUT2D eigenvalue weighted by atomic mass is 10.1. The summed E-state index contributed by atoms with van der Waals surface area (Å²) in [6.07, 6.45) is 8.18. The number of benzene rings is 1. The highest BCUT2D eigenvalue weighted by molar-refractivity contribution is 5.89. The second-order valence-corrected chi connectivity index (χ2v) is 5.96. The molecule has 6 nitrogen and oxygen atoms in total. The quantitative estimate of drug-likeness (QED) is 0.220. The fourth-order valence-corrected chi connectivity index (χ4v) is 2.31. The molecule has 0 spiro atoms. The Labute approximate surface area is 149 Å². The zero-order valence-electron chi connectivity index (χ0n) is 15.1. The van der Waals surface area contributed by atoms with Gasteiger partial charge in [0.1, 0.15) is 0 Å². The van der Waals surface area contributed by atoms with Crippen LogP contribution in [0, 0.1) is 6.92 Å². The average molecular weight is 352 g/mol. The third-order valence-corrected chi connectivity index (χ3v) is 3.68. The number of carbonyl (C=O) groups excluding carboxylic acids is 2. The molecule has 0 atom stereocenters. The van der Waals surface area contributed by atoms with Crippen LogP contribution in [0.5, 0.6) is 0 Å². The topological polar surface area (TPSA) is 71.1 Å². The van der Waals surface area contributed by atoms with E-state index >= 15 is 0 Å². The van der Waals surface area contributed by atoms with Crippen molar-refractivity contribution < 1.29 is 29.1 Å². The largest absolute Gasteiger partial charge is 0.543 e. The molecule has 0 heterocycles. The summed E-state index contributed by atoms with van der Waals surface area (Å²) in [4.78, 5) is 31.5. The molecule has 0 aliphatic heterocycles. The van der Waals surface area contributed by atoms with Gasteiger partial charge >= 0.3 is 12.1 Å². The summed E-state index contributed by atoms with van der Waals surface area (Å²) in [6, 6.07) is 6.76. The van der Waals surface area contributed by atoms with E-state index in [0.717, 1.165) is 24.8 Å². The van der Waals surface area contributed by atoms with Crippen LogP contribution in [0.15, 0.2) is 24.3 Å². The van der Waals surface area contributed by atoms with Gasteiger partial charge in [0.2, 0.25) is 0 Å². The van der Waals surface area contributed by atoms with Crippen molar-refractivity contribution in [1.29, 1.82) is 0 Å². The van der Waals surface area contributed by atoms with Crippen molar-refractivity contribution in [3.05, 3.63) is 35.4 Å². The molecule has 0 saturated heterocycles. The van der Waals surface area contributed by atoms with Gasteiger partial charge in [0.15, 0.2) is 0 Å². The lowest BCUT2D eigenvalue weighted by Crippen LogP contribution is -2.12. The third kappa shape index (κ3) is 10.4. The Bertz CT molecular complexity index is 514. The van der Waals surface area contributed by atoms with Crippen molar-refractivity contribution in [2.45, 2.75) is 65.2 Å². The summed E-state index contributed by atoms with van der Waals surface area (Å²) in [5.41, 5.74) is 1.20. The van der Waals surface area contributed by atoms with Crippen molar-refractivity contribution in [2.24, 2.45) is 0 Å². The maximum absolute atomic E-state index is 11.6. The van der Waals surface area contributed by atoms with Crippen LogP contribution in [0.25, 0.3) is 0 Å². The standard InChI is InChI=1S/C19H28O6/c1-3-4-5-6-7-8-9-10-14-22-19(21)24-25-23-18(20)17-13-11-12-16(2)15-17/h11-13,15H,3-10,14H2,1-2H3. The molecule has 1 rings (SSSR count). The molecule has 0 fully saturated rings. The van der Waals surface area contributed by atoms with E-state index in [9.17, 15) is 9.59 Å². The number of rotatable bonds is 12. The predicted molar refractivity (Wildman–Crippen MR) is 92.7 cm³/mol. The fourth-order valence-electron chi connectivity index (χ4n) is 2.31. The molecule has 0 aliphatic rings. The van der Waals surface area contributed by atoms with Gasteiger partial charge in [-0.3, -0.25) is 4.89 Å². The van der Waals surface area contributed by atoms with E-state index < -0.39 is 12.1 Å². The summed E-state index contributed by atoms with van der Waals surface area (Å²) >= 11 is 0. The van der Waals surface area contributed by atoms with E-state index in [1.54, 1.807) is 18.2 Å². The van der Waals surface area contributed by atoms with Crippen molar-refractivity contribution in [2.75, 3.05) is 6.61 Å². The van der Waals surface area contributed by atoms with Crippen LogP contribution in [0.2, 0.25) is 0 Å². The Morgan fingerprint density at radius 1 is 0.920 bits per heavy atom. The van der Waals surface area contributed by atoms with E-state index in [0.29, 0.717) is 5.56 Å². The SMILES string of the molecule is CCCCCCCCCCOC(=O)OOOC(=O)c1cccc(C)c1. The highest BCUT2D eigenvalue weighted by atomic mass is 17.5. The maximum Gasteiger partial charge on any atom is 0.543 e. The first kappa shape index (κ1) is 21.0.